The van der Waals surface area contributed by atoms with Crippen molar-refractivity contribution < 1.29 is 14.3 Å². The normalized spacial score (nSPS) is 15.7. The van der Waals surface area contributed by atoms with Gasteiger partial charge in [-0.15, -0.1) is 0 Å². The average Bonchev–Trinajstić information content (AvgIpc) is 3.74. The monoisotopic (exact) mass is 436 g/mol. The summed E-state index contributed by atoms with van der Waals surface area (Å²) in [6.45, 7) is 2.05. The van der Waals surface area contributed by atoms with Crippen LogP contribution in [-0.4, -0.2) is 38.2 Å². The fourth-order valence-corrected chi connectivity index (χ4v) is 3.26. The predicted molar refractivity (Wildman–Crippen MR) is 125 cm³/mol. The molecule has 7 heteroatoms. The Morgan fingerprint density at radius 2 is 1.81 bits per heavy atom. The van der Waals surface area contributed by atoms with E-state index >= 15 is 0 Å². The summed E-state index contributed by atoms with van der Waals surface area (Å²) in [5.41, 5.74) is 2.15. The van der Waals surface area contributed by atoms with Crippen LogP contribution < -0.4 is 25.4 Å². The summed E-state index contributed by atoms with van der Waals surface area (Å²) >= 11 is 0. The van der Waals surface area contributed by atoms with E-state index in [9.17, 15) is 4.79 Å². The van der Waals surface area contributed by atoms with Gasteiger partial charge in [0.25, 0.3) is 5.91 Å². The fraction of sp³-hybridized carbons (Fsp3) is 0.440. The molecule has 0 atom stereocenters. The lowest BCUT2D eigenvalue weighted by molar-refractivity contribution is -0.123. The number of nitrogens with zero attached hydrogens (tertiary/aromatic N) is 1. The average molecular weight is 437 g/mol. The van der Waals surface area contributed by atoms with Gasteiger partial charge in [0.15, 0.2) is 12.6 Å². The first-order chi connectivity index (χ1) is 15.7. The molecule has 0 radical (unpaired) electrons. The summed E-state index contributed by atoms with van der Waals surface area (Å²) in [5, 5.41) is 9.60. The van der Waals surface area contributed by atoms with E-state index in [1.54, 1.807) is 7.05 Å². The molecule has 7 nitrogen and oxygen atoms in total. The second-order valence-electron chi connectivity index (χ2n) is 8.42. The predicted octanol–water partition coefficient (Wildman–Crippen LogP) is 3.00. The zero-order valence-corrected chi connectivity index (χ0v) is 18.6. The van der Waals surface area contributed by atoms with Gasteiger partial charge in [-0.25, -0.2) is 0 Å². The second-order valence-corrected chi connectivity index (χ2v) is 8.42. The van der Waals surface area contributed by atoms with Crippen LogP contribution in [0.4, 0.5) is 0 Å². The van der Waals surface area contributed by atoms with Crippen LogP contribution in [0, 0.1) is 5.92 Å². The summed E-state index contributed by atoms with van der Waals surface area (Å²) in [5.74, 6) is 2.97. The van der Waals surface area contributed by atoms with E-state index < -0.39 is 0 Å². The third-order valence-electron chi connectivity index (χ3n) is 5.48. The van der Waals surface area contributed by atoms with Gasteiger partial charge in [0.05, 0.1) is 6.61 Å². The van der Waals surface area contributed by atoms with E-state index in [1.165, 1.54) is 12.8 Å². The Kier molecular flexibility index (Phi) is 7.48. The van der Waals surface area contributed by atoms with Crippen LogP contribution in [0.3, 0.4) is 0 Å². The lowest BCUT2D eigenvalue weighted by atomic mass is 10.2. The van der Waals surface area contributed by atoms with E-state index in [1.807, 2.05) is 42.5 Å². The topological polar surface area (TPSA) is 84.0 Å². The van der Waals surface area contributed by atoms with Crippen molar-refractivity contribution in [1.29, 1.82) is 0 Å². The van der Waals surface area contributed by atoms with Crippen molar-refractivity contribution in [2.24, 2.45) is 10.9 Å². The Labute approximate surface area is 189 Å². The molecule has 0 heterocycles. The standard InChI is InChI=1S/C25H32N4O3/c1-26-25(28-15-20-6-2-3-8-23(20)32-16-18-9-10-18)27-14-19-5-4-7-22(13-19)31-17-24(30)29-21-11-12-21/h2-8,13,18,21H,9-12,14-17H2,1H3,(H,29,30)(H2,26,27,28). The van der Waals surface area contributed by atoms with Crippen molar-refractivity contribution in [2.75, 3.05) is 20.3 Å². The van der Waals surface area contributed by atoms with Crippen molar-refractivity contribution in [3.63, 3.8) is 0 Å². The fourth-order valence-electron chi connectivity index (χ4n) is 3.26. The molecule has 4 rings (SSSR count). The zero-order valence-electron chi connectivity index (χ0n) is 18.6. The van der Waals surface area contributed by atoms with Crippen molar-refractivity contribution in [3.05, 3.63) is 59.7 Å². The van der Waals surface area contributed by atoms with Gasteiger partial charge in [-0.1, -0.05) is 30.3 Å². The summed E-state index contributed by atoms with van der Waals surface area (Å²) < 4.78 is 11.6. The highest BCUT2D eigenvalue weighted by Crippen LogP contribution is 2.30. The van der Waals surface area contributed by atoms with Crippen molar-refractivity contribution in [3.8, 4) is 11.5 Å². The van der Waals surface area contributed by atoms with E-state index in [2.05, 4.69) is 27.0 Å². The summed E-state index contributed by atoms with van der Waals surface area (Å²) in [4.78, 5) is 16.1. The van der Waals surface area contributed by atoms with Crippen LogP contribution in [0.25, 0.3) is 0 Å². The third kappa shape index (κ3) is 7.18. The third-order valence-corrected chi connectivity index (χ3v) is 5.48. The molecule has 3 N–H and O–H groups in total. The van der Waals surface area contributed by atoms with Crippen LogP contribution in [-0.2, 0) is 17.9 Å². The van der Waals surface area contributed by atoms with E-state index in [0.29, 0.717) is 30.8 Å². The lowest BCUT2D eigenvalue weighted by Crippen LogP contribution is -2.36. The number of rotatable bonds is 11. The number of guanidine groups is 1. The second kappa shape index (κ2) is 10.9. The number of hydrogen-bond donors (Lipinski definition) is 3. The number of benzene rings is 2. The largest absolute Gasteiger partial charge is 0.493 e. The lowest BCUT2D eigenvalue weighted by Gasteiger charge is -2.15. The van der Waals surface area contributed by atoms with E-state index in [4.69, 9.17) is 9.47 Å². The van der Waals surface area contributed by atoms with E-state index in [-0.39, 0.29) is 12.5 Å². The first-order valence-electron chi connectivity index (χ1n) is 11.4. The molecular weight excluding hydrogens is 404 g/mol. The van der Waals surface area contributed by atoms with Crippen LogP contribution in [0.5, 0.6) is 11.5 Å². The van der Waals surface area contributed by atoms with Crippen LogP contribution in [0.2, 0.25) is 0 Å². The minimum absolute atomic E-state index is 0.0405. The Balaban J connectivity index is 1.23. The quantitative estimate of drug-likeness (QED) is 0.373. The van der Waals surface area contributed by atoms with Gasteiger partial charge >= 0.3 is 0 Å². The van der Waals surface area contributed by atoms with Crippen molar-refractivity contribution in [1.82, 2.24) is 16.0 Å². The summed E-state index contributed by atoms with van der Waals surface area (Å²) in [6.07, 6.45) is 4.69. The molecule has 2 aliphatic carbocycles. The number of hydrogen-bond acceptors (Lipinski definition) is 4. The number of amides is 1. The molecule has 1 amide bonds. The van der Waals surface area contributed by atoms with Gasteiger partial charge < -0.3 is 25.4 Å². The SMILES string of the molecule is CN=C(NCc1cccc(OCC(=O)NC2CC2)c1)NCc1ccccc1OCC1CC1. The molecule has 0 saturated heterocycles. The molecule has 0 unspecified atom stereocenters. The number of para-hydroxylation sites is 1. The first kappa shape index (κ1) is 22.0. The molecule has 2 aromatic carbocycles. The van der Waals surface area contributed by atoms with Crippen LogP contribution >= 0.6 is 0 Å². The molecule has 2 saturated carbocycles. The first-order valence-corrected chi connectivity index (χ1v) is 11.4. The maximum Gasteiger partial charge on any atom is 0.258 e. The van der Waals surface area contributed by atoms with Gasteiger partial charge in [-0.2, -0.15) is 0 Å². The van der Waals surface area contributed by atoms with E-state index in [0.717, 1.165) is 42.2 Å². The van der Waals surface area contributed by atoms with Gasteiger partial charge in [0.2, 0.25) is 0 Å². The molecule has 32 heavy (non-hydrogen) atoms. The summed E-state index contributed by atoms with van der Waals surface area (Å²) in [7, 11) is 1.75. The Morgan fingerprint density at radius 1 is 1.00 bits per heavy atom. The molecule has 170 valence electrons. The smallest absolute Gasteiger partial charge is 0.258 e. The number of aliphatic imine (C=N–C) groups is 1. The maximum absolute atomic E-state index is 11.8. The molecule has 0 aliphatic heterocycles. The number of nitrogens with one attached hydrogen (secondary N) is 3. The van der Waals surface area contributed by atoms with Gasteiger partial charge in [0, 0.05) is 31.7 Å². The van der Waals surface area contributed by atoms with Gasteiger partial charge in [0.1, 0.15) is 11.5 Å². The molecular formula is C25H32N4O3. The molecule has 0 bridgehead atoms. The Morgan fingerprint density at radius 3 is 2.59 bits per heavy atom. The molecule has 2 aromatic rings. The van der Waals surface area contributed by atoms with Crippen molar-refractivity contribution >= 4 is 11.9 Å². The van der Waals surface area contributed by atoms with Gasteiger partial charge in [-0.05, 0) is 55.4 Å². The van der Waals surface area contributed by atoms with Crippen molar-refractivity contribution in [2.45, 2.75) is 44.8 Å². The molecule has 2 fully saturated rings. The Hall–Kier alpha value is -3.22. The highest BCUT2D eigenvalue weighted by Gasteiger charge is 2.23. The molecule has 2 aliphatic rings. The highest BCUT2D eigenvalue weighted by molar-refractivity contribution is 5.79. The molecule has 0 aromatic heterocycles. The highest BCUT2D eigenvalue weighted by atomic mass is 16.5. The zero-order chi connectivity index (χ0) is 22.2. The number of ether oxygens (including phenoxy) is 2. The molecule has 0 spiro atoms. The summed E-state index contributed by atoms with van der Waals surface area (Å²) in [6, 6.07) is 16.2. The van der Waals surface area contributed by atoms with Crippen LogP contribution in [0.15, 0.2) is 53.5 Å². The Bertz CT molecular complexity index is 938. The minimum atomic E-state index is -0.0676. The maximum atomic E-state index is 11.8. The van der Waals surface area contributed by atoms with Gasteiger partial charge in [-0.3, -0.25) is 9.79 Å². The number of carbonyl (C=O) groups excluding carboxylic acids is 1. The van der Waals surface area contributed by atoms with Crippen LogP contribution in [0.1, 0.15) is 36.8 Å². The number of carbonyl (C=O) groups is 1. The minimum Gasteiger partial charge on any atom is -0.493 e.